The van der Waals surface area contributed by atoms with Gasteiger partial charge < -0.3 is 24.0 Å². The maximum absolute atomic E-state index is 12.1. The van der Waals surface area contributed by atoms with Crippen LogP contribution in [0.25, 0.3) is 0 Å². The van der Waals surface area contributed by atoms with Crippen LogP contribution in [0.1, 0.15) is 71.6 Å². The number of rotatable bonds is 24. The molecule has 0 aromatic carbocycles. The maximum Gasteiger partial charge on any atom is 0.472 e. The molecule has 0 heterocycles. The first-order valence-electron chi connectivity index (χ1n) is 14.4. The smallest absolute Gasteiger partial charge is 0.462 e. The van der Waals surface area contributed by atoms with Gasteiger partial charge in [-0.3, -0.25) is 18.6 Å². The number of hydrogen-bond donors (Lipinski definition) is 2. The fourth-order valence-corrected chi connectivity index (χ4v) is 3.94. The monoisotopic (exact) mass is 602 g/mol. The van der Waals surface area contributed by atoms with Crippen molar-refractivity contribution in [3.8, 4) is 0 Å². The molecule has 0 saturated carbocycles. The van der Waals surface area contributed by atoms with Crippen molar-refractivity contribution < 1.29 is 47.2 Å². The number of ether oxygens (including phenoxy) is 2. The van der Waals surface area contributed by atoms with Crippen LogP contribution in [0, 0.1) is 0 Å². The van der Waals surface area contributed by atoms with E-state index in [4.69, 9.17) is 18.5 Å². The number of likely N-dealkylation sites (N-methyl/N-ethyl adjacent to an activating group) is 1. The third-order valence-corrected chi connectivity index (χ3v) is 6.48. The molecule has 0 aromatic heterocycles. The lowest BCUT2D eigenvalue weighted by Gasteiger charge is -2.24. The second kappa shape index (κ2) is 23.5. The van der Waals surface area contributed by atoms with Crippen molar-refractivity contribution in [1.29, 1.82) is 0 Å². The van der Waals surface area contributed by atoms with Crippen molar-refractivity contribution in [2.24, 2.45) is 0 Å². The number of aliphatic hydroxyl groups excluding tert-OH is 1. The summed E-state index contributed by atoms with van der Waals surface area (Å²) in [5.41, 5.74) is 0. The molecule has 10 nitrogen and oxygen atoms in total. The van der Waals surface area contributed by atoms with Gasteiger partial charge in [-0.15, -0.1) is 0 Å². The largest absolute Gasteiger partial charge is 0.472 e. The highest BCUT2D eigenvalue weighted by Gasteiger charge is 2.26. The van der Waals surface area contributed by atoms with E-state index in [1.807, 2.05) is 39.4 Å². The van der Waals surface area contributed by atoms with E-state index in [1.54, 1.807) is 12.2 Å². The van der Waals surface area contributed by atoms with Crippen LogP contribution in [0.15, 0.2) is 48.6 Å². The normalized spacial score (nSPS) is 15.6. The Kier molecular flexibility index (Phi) is 22.3. The topological polar surface area (TPSA) is 129 Å². The maximum atomic E-state index is 12.1. The van der Waals surface area contributed by atoms with E-state index >= 15 is 0 Å². The molecule has 0 fully saturated rings. The molecule has 0 aliphatic heterocycles. The van der Waals surface area contributed by atoms with Crippen LogP contribution in [-0.4, -0.2) is 86.1 Å². The fraction of sp³-hybridized carbons (Fsp3) is 0.667. The van der Waals surface area contributed by atoms with Crippen molar-refractivity contribution in [3.63, 3.8) is 0 Å². The molecular weight excluding hydrogens is 549 g/mol. The van der Waals surface area contributed by atoms with Gasteiger partial charge in [-0.2, -0.15) is 0 Å². The summed E-state index contributed by atoms with van der Waals surface area (Å²) in [6.45, 7) is 3.10. The number of phosphoric acid groups is 1. The number of phosphoric ester groups is 1. The van der Waals surface area contributed by atoms with E-state index in [-0.39, 0.29) is 19.6 Å². The molecule has 0 aliphatic carbocycles. The number of unbranched alkanes of at least 4 members (excludes halogenated alkanes) is 4. The SMILES string of the molecule is CCCCC/C=C\C/C=C\CC(O)/C=C\C=C\CCCC(=O)OC[C@H](COP(=O)(O)OCC[N+](C)(C)C)OC(C)=O. The second-order valence-electron chi connectivity index (χ2n) is 10.7. The number of allylic oxidation sites excluding steroid dienone is 6. The number of hydrogen-bond acceptors (Lipinski definition) is 8. The summed E-state index contributed by atoms with van der Waals surface area (Å²) >= 11 is 0. The van der Waals surface area contributed by atoms with Crippen molar-refractivity contribution >= 4 is 19.8 Å². The van der Waals surface area contributed by atoms with Crippen LogP contribution in [0.4, 0.5) is 0 Å². The molecular formula is C30H53NO9P+. The van der Waals surface area contributed by atoms with Gasteiger partial charge in [0.15, 0.2) is 6.10 Å². The van der Waals surface area contributed by atoms with Gasteiger partial charge in [0.1, 0.15) is 19.8 Å². The number of quaternary nitrogens is 1. The number of esters is 2. The van der Waals surface area contributed by atoms with E-state index in [9.17, 15) is 24.2 Å². The number of nitrogens with zero attached hydrogens (tertiary/aromatic N) is 1. The molecule has 41 heavy (non-hydrogen) atoms. The van der Waals surface area contributed by atoms with Crippen molar-refractivity contribution in [1.82, 2.24) is 0 Å². The summed E-state index contributed by atoms with van der Waals surface area (Å²) in [4.78, 5) is 33.2. The highest BCUT2D eigenvalue weighted by atomic mass is 31.2. The quantitative estimate of drug-likeness (QED) is 0.0372. The average Bonchev–Trinajstić information content (AvgIpc) is 2.87. The van der Waals surface area contributed by atoms with Crippen LogP contribution >= 0.6 is 7.82 Å². The van der Waals surface area contributed by atoms with E-state index in [0.29, 0.717) is 30.3 Å². The molecule has 0 rings (SSSR count). The first kappa shape index (κ1) is 38.9. The minimum atomic E-state index is -4.35. The standard InChI is InChI=1S/C30H52NO9P/c1-6-7-8-9-10-11-12-14-17-20-28(33)21-18-15-13-16-19-22-30(34)37-25-29(40-27(2)32)26-39-41(35,36)38-24-23-31(3,4)5/h10-11,13-15,17-18,21,28-29,33H,6-9,12,16,19-20,22-26H2,1-5H3/p+1/b11-10-,15-13+,17-14-,21-18-/t28?,29-/m1/s1. The van der Waals surface area contributed by atoms with Crippen LogP contribution in [-0.2, 0) is 32.7 Å². The number of carbonyl (C=O) groups is 2. The van der Waals surface area contributed by atoms with Gasteiger partial charge in [0, 0.05) is 13.3 Å². The molecule has 0 aliphatic rings. The zero-order valence-corrected chi connectivity index (χ0v) is 26.5. The van der Waals surface area contributed by atoms with Gasteiger partial charge in [0.05, 0.1) is 33.9 Å². The average molecular weight is 603 g/mol. The Bertz CT molecular complexity index is 878. The highest BCUT2D eigenvalue weighted by Crippen LogP contribution is 2.43. The zero-order valence-electron chi connectivity index (χ0n) is 25.6. The third kappa shape index (κ3) is 27.9. The summed E-state index contributed by atoms with van der Waals surface area (Å²) in [5, 5.41) is 10.0. The molecule has 0 aromatic rings. The predicted molar refractivity (Wildman–Crippen MR) is 161 cm³/mol. The molecule has 0 spiro atoms. The lowest BCUT2D eigenvalue weighted by Crippen LogP contribution is -2.37. The Balaban J connectivity index is 4.20. The van der Waals surface area contributed by atoms with Gasteiger partial charge in [0.25, 0.3) is 0 Å². The van der Waals surface area contributed by atoms with Gasteiger partial charge in [-0.05, 0) is 38.5 Å². The van der Waals surface area contributed by atoms with Gasteiger partial charge in [0.2, 0.25) is 0 Å². The summed E-state index contributed by atoms with van der Waals surface area (Å²) in [6, 6.07) is 0. The van der Waals surface area contributed by atoms with E-state index < -0.39 is 38.6 Å². The third-order valence-electron chi connectivity index (χ3n) is 5.49. The Morgan fingerprint density at radius 2 is 1.63 bits per heavy atom. The molecule has 0 bridgehead atoms. The Morgan fingerprint density at radius 1 is 0.927 bits per heavy atom. The first-order chi connectivity index (χ1) is 19.3. The highest BCUT2D eigenvalue weighted by molar-refractivity contribution is 7.47. The molecule has 0 saturated heterocycles. The Hall–Kier alpha value is -2.07. The fourth-order valence-electron chi connectivity index (χ4n) is 3.20. The zero-order chi connectivity index (χ0) is 31.0. The van der Waals surface area contributed by atoms with Crippen molar-refractivity contribution in [2.75, 3.05) is 47.5 Å². The van der Waals surface area contributed by atoms with Gasteiger partial charge in [-0.25, -0.2) is 4.57 Å². The van der Waals surface area contributed by atoms with E-state index in [1.165, 1.54) is 26.2 Å². The van der Waals surface area contributed by atoms with E-state index in [2.05, 4.69) is 25.2 Å². The Labute approximate surface area is 246 Å². The molecule has 2 N–H and O–H groups in total. The molecule has 3 atom stereocenters. The lowest BCUT2D eigenvalue weighted by atomic mass is 10.2. The minimum Gasteiger partial charge on any atom is -0.462 e. The number of aliphatic hydroxyl groups is 1. The molecule has 0 amide bonds. The molecule has 2 unspecified atom stereocenters. The summed E-state index contributed by atoms with van der Waals surface area (Å²) < 4.78 is 32.6. The lowest BCUT2D eigenvalue weighted by molar-refractivity contribution is -0.870. The Morgan fingerprint density at radius 3 is 2.32 bits per heavy atom. The van der Waals surface area contributed by atoms with Crippen LogP contribution in [0.2, 0.25) is 0 Å². The van der Waals surface area contributed by atoms with Gasteiger partial charge in [-0.1, -0.05) is 68.4 Å². The first-order valence-corrected chi connectivity index (χ1v) is 15.9. The van der Waals surface area contributed by atoms with E-state index in [0.717, 1.165) is 12.8 Å². The van der Waals surface area contributed by atoms with Crippen LogP contribution in [0.5, 0.6) is 0 Å². The minimum absolute atomic E-state index is 0.00399. The van der Waals surface area contributed by atoms with Crippen LogP contribution in [0.3, 0.4) is 0 Å². The molecule has 11 heteroatoms. The molecule has 0 radical (unpaired) electrons. The molecule has 236 valence electrons. The summed E-state index contributed by atoms with van der Waals surface area (Å²) in [6.07, 6.45) is 21.6. The van der Waals surface area contributed by atoms with Gasteiger partial charge >= 0.3 is 19.8 Å². The number of carbonyl (C=O) groups excluding carboxylic acids is 2. The second-order valence-corrected chi connectivity index (χ2v) is 12.2. The summed E-state index contributed by atoms with van der Waals surface area (Å²) in [5.74, 6) is -1.13. The van der Waals surface area contributed by atoms with Crippen molar-refractivity contribution in [2.45, 2.75) is 83.8 Å². The summed E-state index contributed by atoms with van der Waals surface area (Å²) in [7, 11) is 1.38. The predicted octanol–water partition coefficient (Wildman–Crippen LogP) is 5.42. The van der Waals surface area contributed by atoms with Crippen LogP contribution < -0.4 is 0 Å². The van der Waals surface area contributed by atoms with Crippen molar-refractivity contribution in [3.05, 3.63) is 48.6 Å².